The first-order valence-corrected chi connectivity index (χ1v) is 9.04. The topological polar surface area (TPSA) is 111 Å². The molecule has 0 bridgehead atoms. The molecule has 1 atom stereocenters. The molecular formula is C15H18Cl2N4O2S. The standard InChI is InChI=1S/C15H17ClN4O2S.ClH/c16-10-7-14(15(18)19-8-10)23(21,22)20-13-3-1-2-9-6-11(17)4-5-12(9)13;/h4-8,13,20H,1-3,17H2,(H2,18,19);1H. The Balaban J connectivity index is 0.00000208. The normalized spacial score (nSPS) is 17.0. The van der Waals surface area contributed by atoms with Gasteiger partial charge in [0.15, 0.2) is 0 Å². The minimum atomic E-state index is -3.82. The molecule has 1 aliphatic rings. The van der Waals surface area contributed by atoms with Gasteiger partial charge in [-0.25, -0.2) is 18.1 Å². The Morgan fingerprint density at radius 3 is 2.75 bits per heavy atom. The summed E-state index contributed by atoms with van der Waals surface area (Å²) in [6, 6.07) is 6.53. The van der Waals surface area contributed by atoms with Crippen molar-refractivity contribution >= 4 is 45.5 Å². The van der Waals surface area contributed by atoms with Crippen LogP contribution in [0.3, 0.4) is 0 Å². The van der Waals surface area contributed by atoms with Crippen LogP contribution in [0.4, 0.5) is 11.5 Å². The summed E-state index contributed by atoms with van der Waals surface area (Å²) in [6.45, 7) is 0. The number of pyridine rings is 1. The molecule has 0 radical (unpaired) electrons. The molecule has 24 heavy (non-hydrogen) atoms. The summed E-state index contributed by atoms with van der Waals surface area (Å²) in [4.78, 5) is 3.70. The van der Waals surface area contributed by atoms with Crippen LogP contribution in [0.25, 0.3) is 0 Å². The van der Waals surface area contributed by atoms with Gasteiger partial charge < -0.3 is 11.5 Å². The molecular weight excluding hydrogens is 371 g/mol. The van der Waals surface area contributed by atoms with Crippen molar-refractivity contribution in [3.63, 3.8) is 0 Å². The number of sulfonamides is 1. The first kappa shape index (κ1) is 18.8. The van der Waals surface area contributed by atoms with Gasteiger partial charge in [0.05, 0.1) is 5.02 Å². The molecule has 1 unspecified atom stereocenters. The molecule has 1 aliphatic carbocycles. The zero-order chi connectivity index (χ0) is 16.6. The van der Waals surface area contributed by atoms with Crippen LogP contribution in [0, 0.1) is 0 Å². The van der Waals surface area contributed by atoms with E-state index in [9.17, 15) is 8.42 Å². The number of nitrogens with zero attached hydrogens (tertiary/aromatic N) is 1. The second-order valence-corrected chi connectivity index (χ2v) is 7.68. The summed E-state index contributed by atoms with van der Waals surface area (Å²) in [5.41, 5.74) is 14.2. The number of halogens is 2. The Hall–Kier alpha value is -1.54. The van der Waals surface area contributed by atoms with E-state index >= 15 is 0 Å². The number of hydrogen-bond donors (Lipinski definition) is 3. The van der Waals surface area contributed by atoms with E-state index in [2.05, 4.69) is 9.71 Å². The Labute approximate surface area is 152 Å². The predicted molar refractivity (Wildman–Crippen MR) is 97.8 cm³/mol. The largest absolute Gasteiger partial charge is 0.399 e. The van der Waals surface area contributed by atoms with Crippen molar-refractivity contribution in [1.29, 1.82) is 0 Å². The number of nitrogen functional groups attached to an aromatic ring is 2. The number of hydrogen-bond acceptors (Lipinski definition) is 5. The molecule has 0 saturated carbocycles. The van der Waals surface area contributed by atoms with E-state index in [0.717, 1.165) is 24.0 Å². The van der Waals surface area contributed by atoms with Gasteiger partial charge in [0.25, 0.3) is 0 Å². The number of aromatic nitrogens is 1. The molecule has 1 aromatic heterocycles. The molecule has 0 spiro atoms. The molecule has 1 aromatic carbocycles. The number of fused-ring (bicyclic) bond motifs is 1. The van der Waals surface area contributed by atoms with Gasteiger partial charge in [-0.3, -0.25) is 0 Å². The lowest BCUT2D eigenvalue weighted by molar-refractivity contribution is 0.507. The molecule has 6 nitrogen and oxygen atoms in total. The summed E-state index contributed by atoms with van der Waals surface area (Å²) >= 11 is 5.84. The van der Waals surface area contributed by atoms with Gasteiger partial charge in [-0.05, 0) is 48.6 Å². The van der Waals surface area contributed by atoms with Crippen LogP contribution in [-0.2, 0) is 16.4 Å². The van der Waals surface area contributed by atoms with Crippen LogP contribution in [0.1, 0.15) is 30.0 Å². The number of rotatable bonds is 3. The highest BCUT2D eigenvalue weighted by molar-refractivity contribution is 7.89. The van der Waals surface area contributed by atoms with Gasteiger partial charge in [0.1, 0.15) is 10.7 Å². The van der Waals surface area contributed by atoms with E-state index < -0.39 is 10.0 Å². The molecule has 0 amide bonds. The lowest BCUT2D eigenvalue weighted by atomic mass is 9.88. The van der Waals surface area contributed by atoms with Crippen molar-refractivity contribution in [2.24, 2.45) is 0 Å². The summed E-state index contributed by atoms with van der Waals surface area (Å²) < 4.78 is 28.0. The second-order valence-electron chi connectivity index (χ2n) is 5.56. The third-order valence-electron chi connectivity index (χ3n) is 3.92. The zero-order valence-electron chi connectivity index (χ0n) is 12.7. The molecule has 9 heteroatoms. The Morgan fingerprint density at radius 1 is 1.25 bits per heavy atom. The number of benzene rings is 1. The van der Waals surface area contributed by atoms with E-state index in [1.807, 2.05) is 12.1 Å². The maximum absolute atomic E-state index is 12.6. The number of anilines is 2. The highest BCUT2D eigenvalue weighted by atomic mass is 35.5. The average molecular weight is 389 g/mol. The van der Waals surface area contributed by atoms with E-state index in [4.69, 9.17) is 23.1 Å². The fraction of sp³-hybridized carbons (Fsp3) is 0.267. The summed E-state index contributed by atoms with van der Waals surface area (Å²) in [5.74, 6) is -0.0739. The molecule has 3 rings (SSSR count). The molecule has 0 saturated heterocycles. The first-order valence-electron chi connectivity index (χ1n) is 7.18. The average Bonchev–Trinajstić information content (AvgIpc) is 2.49. The van der Waals surface area contributed by atoms with E-state index in [-0.39, 0.29) is 34.2 Å². The SMILES string of the molecule is Cl.Nc1ccc2c(c1)CCCC2NS(=O)(=O)c1cc(Cl)cnc1N. The van der Waals surface area contributed by atoms with Gasteiger partial charge >= 0.3 is 0 Å². The van der Waals surface area contributed by atoms with Crippen molar-refractivity contribution < 1.29 is 8.42 Å². The van der Waals surface area contributed by atoms with Crippen LogP contribution < -0.4 is 16.2 Å². The van der Waals surface area contributed by atoms with Gasteiger partial charge in [0, 0.05) is 17.9 Å². The Bertz CT molecular complexity index is 859. The van der Waals surface area contributed by atoms with Gasteiger partial charge in [0.2, 0.25) is 10.0 Å². The Morgan fingerprint density at radius 2 is 2.00 bits per heavy atom. The number of nitrogens with two attached hydrogens (primary N) is 2. The fourth-order valence-electron chi connectivity index (χ4n) is 2.85. The number of nitrogens with one attached hydrogen (secondary N) is 1. The molecule has 1 heterocycles. The van der Waals surface area contributed by atoms with Crippen molar-refractivity contribution in [3.05, 3.63) is 46.6 Å². The lowest BCUT2D eigenvalue weighted by Gasteiger charge is -2.26. The summed E-state index contributed by atoms with van der Waals surface area (Å²) in [6.07, 6.45) is 3.80. The maximum atomic E-state index is 12.6. The van der Waals surface area contributed by atoms with Gasteiger partial charge in [-0.2, -0.15) is 0 Å². The quantitative estimate of drug-likeness (QED) is 0.699. The Kier molecular flexibility index (Phi) is 5.59. The molecule has 2 aromatic rings. The maximum Gasteiger partial charge on any atom is 0.244 e. The molecule has 5 N–H and O–H groups in total. The van der Waals surface area contributed by atoms with Crippen molar-refractivity contribution in [2.75, 3.05) is 11.5 Å². The third kappa shape index (κ3) is 3.75. The summed E-state index contributed by atoms with van der Waals surface area (Å²) in [5, 5.41) is 0.219. The van der Waals surface area contributed by atoms with Crippen molar-refractivity contribution in [1.82, 2.24) is 9.71 Å². The van der Waals surface area contributed by atoms with Crippen LogP contribution in [0.2, 0.25) is 5.02 Å². The first-order chi connectivity index (χ1) is 10.9. The van der Waals surface area contributed by atoms with Gasteiger partial charge in [-0.15, -0.1) is 12.4 Å². The fourth-order valence-corrected chi connectivity index (χ4v) is 4.43. The van der Waals surface area contributed by atoms with Crippen LogP contribution in [-0.4, -0.2) is 13.4 Å². The molecule has 0 fully saturated rings. The highest BCUT2D eigenvalue weighted by Gasteiger charge is 2.27. The van der Waals surface area contributed by atoms with Crippen LogP contribution >= 0.6 is 24.0 Å². The minimum Gasteiger partial charge on any atom is -0.399 e. The molecule has 130 valence electrons. The van der Waals surface area contributed by atoms with E-state index in [1.165, 1.54) is 12.3 Å². The van der Waals surface area contributed by atoms with Crippen molar-refractivity contribution in [3.8, 4) is 0 Å². The van der Waals surface area contributed by atoms with E-state index in [1.54, 1.807) is 6.07 Å². The highest BCUT2D eigenvalue weighted by Crippen LogP contribution is 2.32. The summed E-state index contributed by atoms with van der Waals surface area (Å²) in [7, 11) is -3.82. The van der Waals surface area contributed by atoms with Crippen molar-refractivity contribution in [2.45, 2.75) is 30.2 Å². The predicted octanol–water partition coefficient (Wildman–Crippen LogP) is 2.68. The lowest BCUT2D eigenvalue weighted by Crippen LogP contribution is -2.31. The van der Waals surface area contributed by atoms with Crippen LogP contribution in [0.15, 0.2) is 35.4 Å². The molecule has 0 aliphatic heterocycles. The minimum absolute atomic E-state index is 0. The monoisotopic (exact) mass is 388 g/mol. The zero-order valence-corrected chi connectivity index (χ0v) is 15.1. The van der Waals surface area contributed by atoms with E-state index in [0.29, 0.717) is 12.1 Å². The second kappa shape index (κ2) is 7.14. The van der Waals surface area contributed by atoms with Gasteiger partial charge in [-0.1, -0.05) is 17.7 Å². The number of aryl methyl sites for hydroxylation is 1. The third-order valence-corrected chi connectivity index (χ3v) is 5.62. The van der Waals surface area contributed by atoms with Crippen LogP contribution in [0.5, 0.6) is 0 Å². The smallest absolute Gasteiger partial charge is 0.244 e.